The fraction of sp³-hybridized carbons (Fsp3) is 0.400. The van der Waals surface area contributed by atoms with Crippen molar-refractivity contribution >= 4 is 5.91 Å². The smallest absolute Gasteiger partial charge is 0.271 e. The maximum absolute atomic E-state index is 12.7. The minimum absolute atomic E-state index is 0.0621. The fourth-order valence-electron chi connectivity index (χ4n) is 2.22. The summed E-state index contributed by atoms with van der Waals surface area (Å²) in [5, 5.41) is 9.51. The quantitative estimate of drug-likeness (QED) is 0.878. The highest BCUT2D eigenvalue weighted by Crippen LogP contribution is 2.15. The molecule has 0 bridgehead atoms. The van der Waals surface area contributed by atoms with Gasteiger partial charge < -0.3 is 19.0 Å². The minimum Gasteiger partial charge on any atom is -0.467 e. The molecule has 2 aromatic heterocycles. The third kappa shape index (κ3) is 2.93. The number of aliphatic hydroxyl groups excluding tert-OH is 1. The Hall–Kier alpha value is -2.01. The van der Waals surface area contributed by atoms with E-state index in [9.17, 15) is 9.90 Å². The molecule has 0 aliphatic rings. The number of hydrogen-bond acceptors (Lipinski definition) is 3. The molecular weight excluding hydrogens is 256 g/mol. The second-order valence-electron chi connectivity index (χ2n) is 4.76. The number of rotatable bonds is 6. The molecule has 5 heteroatoms. The SMILES string of the molecule is CC[C@H](CO)N(Cc1ccco1)C(=O)c1cccn1C. The Kier molecular flexibility index (Phi) is 4.63. The Morgan fingerprint density at radius 1 is 1.45 bits per heavy atom. The van der Waals surface area contributed by atoms with E-state index < -0.39 is 0 Å². The molecule has 0 spiro atoms. The molecule has 0 fully saturated rings. The summed E-state index contributed by atoms with van der Waals surface area (Å²) in [6.45, 7) is 2.25. The molecule has 5 nitrogen and oxygen atoms in total. The first-order valence-electron chi connectivity index (χ1n) is 6.73. The lowest BCUT2D eigenvalue weighted by Gasteiger charge is -2.29. The first-order chi connectivity index (χ1) is 9.67. The third-order valence-corrected chi connectivity index (χ3v) is 3.45. The first-order valence-corrected chi connectivity index (χ1v) is 6.73. The van der Waals surface area contributed by atoms with Crippen LogP contribution in [0.15, 0.2) is 41.1 Å². The van der Waals surface area contributed by atoms with Crippen LogP contribution in [0.25, 0.3) is 0 Å². The van der Waals surface area contributed by atoms with Crippen molar-refractivity contribution < 1.29 is 14.3 Å². The van der Waals surface area contributed by atoms with Gasteiger partial charge >= 0.3 is 0 Å². The molecule has 0 saturated heterocycles. The monoisotopic (exact) mass is 276 g/mol. The summed E-state index contributed by atoms with van der Waals surface area (Å²) in [6.07, 6.45) is 4.10. The van der Waals surface area contributed by atoms with Crippen LogP contribution in [-0.4, -0.2) is 33.1 Å². The molecule has 0 aliphatic heterocycles. The zero-order chi connectivity index (χ0) is 14.5. The zero-order valence-electron chi connectivity index (χ0n) is 11.8. The second kappa shape index (κ2) is 6.43. The standard InChI is InChI=1S/C15H20N2O3/c1-3-12(11-18)17(10-13-6-5-9-20-13)15(19)14-7-4-8-16(14)2/h4-9,12,18H,3,10-11H2,1-2H3/t12-/m1/s1. The molecule has 0 aromatic carbocycles. The van der Waals surface area contributed by atoms with Crippen molar-refractivity contribution in [2.45, 2.75) is 25.9 Å². The normalized spacial score (nSPS) is 12.3. The molecule has 2 aromatic rings. The Labute approximate surface area is 118 Å². The van der Waals surface area contributed by atoms with Crippen molar-refractivity contribution in [2.75, 3.05) is 6.61 Å². The number of carbonyl (C=O) groups is 1. The minimum atomic E-state index is -0.220. The van der Waals surface area contributed by atoms with Crippen molar-refractivity contribution in [3.8, 4) is 0 Å². The molecule has 2 rings (SSSR count). The molecule has 20 heavy (non-hydrogen) atoms. The average Bonchev–Trinajstić information content (AvgIpc) is 3.09. The van der Waals surface area contributed by atoms with Gasteiger partial charge in [-0.25, -0.2) is 0 Å². The number of nitrogens with zero attached hydrogens (tertiary/aromatic N) is 2. The topological polar surface area (TPSA) is 58.6 Å². The van der Waals surface area contributed by atoms with Gasteiger partial charge in [0.25, 0.3) is 5.91 Å². The van der Waals surface area contributed by atoms with Gasteiger partial charge in [-0.3, -0.25) is 4.79 Å². The van der Waals surface area contributed by atoms with Gasteiger partial charge in [-0.2, -0.15) is 0 Å². The molecule has 1 atom stereocenters. The van der Waals surface area contributed by atoms with Gasteiger partial charge in [0.2, 0.25) is 0 Å². The predicted molar refractivity (Wildman–Crippen MR) is 75.2 cm³/mol. The molecule has 2 heterocycles. The number of aromatic nitrogens is 1. The fourth-order valence-corrected chi connectivity index (χ4v) is 2.22. The highest BCUT2D eigenvalue weighted by Gasteiger charge is 2.25. The van der Waals surface area contributed by atoms with Gasteiger partial charge in [0.15, 0.2) is 0 Å². The third-order valence-electron chi connectivity index (χ3n) is 3.45. The Morgan fingerprint density at radius 3 is 2.75 bits per heavy atom. The number of aryl methyl sites for hydroxylation is 1. The lowest BCUT2D eigenvalue weighted by molar-refractivity contribution is 0.0535. The summed E-state index contributed by atoms with van der Waals surface area (Å²) in [7, 11) is 1.83. The van der Waals surface area contributed by atoms with E-state index in [1.54, 1.807) is 27.9 Å². The highest BCUT2D eigenvalue weighted by molar-refractivity contribution is 5.93. The van der Waals surface area contributed by atoms with Crippen molar-refractivity contribution in [3.63, 3.8) is 0 Å². The molecule has 1 amide bonds. The van der Waals surface area contributed by atoms with Crippen LogP contribution in [0, 0.1) is 0 Å². The van der Waals surface area contributed by atoms with Gasteiger partial charge in [-0.1, -0.05) is 6.92 Å². The van der Waals surface area contributed by atoms with Crippen LogP contribution in [0.5, 0.6) is 0 Å². The van der Waals surface area contributed by atoms with Crippen molar-refractivity contribution in [2.24, 2.45) is 7.05 Å². The van der Waals surface area contributed by atoms with Crippen LogP contribution in [0.2, 0.25) is 0 Å². The number of aliphatic hydroxyl groups is 1. The van der Waals surface area contributed by atoms with E-state index in [-0.39, 0.29) is 18.6 Å². The summed E-state index contributed by atoms with van der Waals surface area (Å²) in [5.74, 6) is 0.606. The summed E-state index contributed by atoms with van der Waals surface area (Å²) >= 11 is 0. The molecule has 108 valence electrons. The van der Waals surface area contributed by atoms with E-state index in [0.717, 1.165) is 0 Å². The van der Waals surface area contributed by atoms with E-state index in [1.165, 1.54) is 0 Å². The molecular formula is C15H20N2O3. The van der Waals surface area contributed by atoms with E-state index in [2.05, 4.69) is 0 Å². The molecule has 1 N–H and O–H groups in total. The maximum atomic E-state index is 12.7. The van der Waals surface area contributed by atoms with Crippen molar-refractivity contribution in [3.05, 3.63) is 48.2 Å². The maximum Gasteiger partial charge on any atom is 0.271 e. The van der Waals surface area contributed by atoms with E-state index >= 15 is 0 Å². The molecule has 0 radical (unpaired) electrons. The van der Waals surface area contributed by atoms with Gasteiger partial charge in [0.1, 0.15) is 11.5 Å². The van der Waals surface area contributed by atoms with E-state index in [0.29, 0.717) is 24.4 Å². The van der Waals surface area contributed by atoms with E-state index in [1.807, 2.05) is 32.3 Å². The van der Waals surface area contributed by atoms with Gasteiger partial charge in [-0.05, 0) is 30.7 Å². The Morgan fingerprint density at radius 2 is 2.25 bits per heavy atom. The molecule has 0 unspecified atom stereocenters. The summed E-state index contributed by atoms with van der Waals surface area (Å²) < 4.78 is 7.10. The van der Waals surface area contributed by atoms with Crippen molar-refractivity contribution in [1.82, 2.24) is 9.47 Å². The number of carbonyl (C=O) groups excluding carboxylic acids is 1. The zero-order valence-corrected chi connectivity index (χ0v) is 11.8. The Balaban J connectivity index is 2.26. The van der Waals surface area contributed by atoms with Crippen LogP contribution in [0.1, 0.15) is 29.6 Å². The predicted octanol–water partition coefficient (Wildman–Crippen LogP) is 2.03. The number of amides is 1. The number of furan rings is 1. The van der Waals surface area contributed by atoms with Crippen molar-refractivity contribution in [1.29, 1.82) is 0 Å². The number of hydrogen-bond donors (Lipinski definition) is 1. The lowest BCUT2D eigenvalue weighted by Crippen LogP contribution is -2.42. The lowest BCUT2D eigenvalue weighted by atomic mass is 10.1. The summed E-state index contributed by atoms with van der Waals surface area (Å²) in [6, 6.07) is 7.01. The molecule has 0 saturated carbocycles. The van der Waals surface area contributed by atoms with Gasteiger partial charge in [0.05, 0.1) is 25.5 Å². The molecule has 0 aliphatic carbocycles. The second-order valence-corrected chi connectivity index (χ2v) is 4.76. The first kappa shape index (κ1) is 14.4. The van der Waals surface area contributed by atoms with Crippen LogP contribution in [-0.2, 0) is 13.6 Å². The summed E-state index contributed by atoms with van der Waals surface area (Å²) in [4.78, 5) is 14.3. The van der Waals surface area contributed by atoms with Gasteiger partial charge in [-0.15, -0.1) is 0 Å². The van der Waals surface area contributed by atoms with Crippen LogP contribution >= 0.6 is 0 Å². The van der Waals surface area contributed by atoms with Crippen LogP contribution < -0.4 is 0 Å². The van der Waals surface area contributed by atoms with Gasteiger partial charge in [0, 0.05) is 13.2 Å². The Bertz CT molecular complexity index is 541. The highest BCUT2D eigenvalue weighted by atomic mass is 16.3. The van der Waals surface area contributed by atoms with Crippen LogP contribution in [0.3, 0.4) is 0 Å². The average molecular weight is 276 g/mol. The van der Waals surface area contributed by atoms with Crippen LogP contribution in [0.4, 0.5) is 0 Å². The summed E-state index contributed by atoms with van der Waals surface area (Å²) in [5.41, 5.74) is 0.600. The van der Waals surface area contributed by atoms with E-state index in [4.69, 9.17) is 4.42 Å². The largest absolute Gasteiger partial charge is 0.467 e.